The molecule has 0 aromatic heterocycles. The van der Waals surface area contributed by atoms with E-state index < -0.39 is 0 Å². The number of likely N-dealkylation sites (N-methyl/N-ethyl adjacent to an activating group) is 2. The summed E-state index contributed by atoms with van der Waals surface area (Å²) in [4.78, 5) is 14.3. The highest BCUT2D eigenvalue weighted by Crippen LogP contribution is 2.23. The van der Waals surface area contributed by atoms with Crippen LogP contribution in [0.4, 0.5) is 0 Å². The van der Waals surface area contributed by atoms with Crippen molar-refractivity contribution in [2.45, 2.75) is 25.7 Å². The van der Waals surface area contributed by atoms with Gasteiger partial charge in [-0.1, -0.05) is 43.7 Å². The highest BCUT2D eigenvalue weighted by molar-refractivity contribution is 5.83. The van der Waals surface area contributed by atoms with Crippen LogP contribution in [0, 0.1) is 0 Å². The van der Waals surface area contributed by atoms with Gasteiger partial charge in [0.2, 0.25) is 5.91 Å². The number of nitrogens with zero attached hydrogens (tertiary/aromatic N) is 1. The minimum atomic E-state index is -0.00180. The van der Waals surface area contributed by atoms with Gasteiger partial charge in [0.1, 0.15) is 0 Å². The molecule has 0 bridgehead atoms. The molecule has 18 heavy (non-hydrogen) atoms. The van der Waals surface area contributed by atoms with Crippen molar-refractivity contribution >= 4 is 5.91 Å². The molecule has 0 saturated carbocycles. The van der Waals surface area contributed by atoms with Gasteiger partial charge in [0.25, 0.3) is 0 Å². The zero-order chi connectivity index (χ0) is 13.4. The van der Waals surface area contributed by atoms with Crippen LogP contribution in [0.15, 0.2) is 30.3 Å². The van der Waals surface area contributed by atoms with E-state index >= 15 is 0 Å². The topological polar surface area (TPSA) is 32.3 Å². The van der Waals surface area contributed by atoms with Gasteiger partial charge in [0.05, 0.1) is 5.92 Å². The lowest BCUT2D eigenvalue weighted by Gasteiger charge is -2.24. The molecule has 1 atom stereocenters. The third kappa shape index (κ3) is 4.15. The van der Waals surface area contributed by atoms with E-state index in [2.05, 4.69) is 12.2 Å². The predicted molar refractivity (Wildman–Crippen MR) is 75.7 cm³/mol. The fraction of sp³-hybridized carbons (Fsp3) is 0.533. The summed E-state index contributed by atoms with van der Waals surface area (Å²) in [7, 11) is 3.78. The van der Waals surface area contributed by atoms with Crippen LogP contribution in [0.5, 0.6) is 0 Å². The average molecular weight is 248 g/mol. The Bertz CT molecular complexity index is 351. The Morgan fingerprint density at radius 2 is 2.00 bits per heavy atom. The third-order valence-corrected chi connectivity index (χ3v) is 3.15. The van der Waals surface area contributed by atoms with Crippen LogP contribution < -0.4 is 5.32 Å². The summed E-state index contributed by atoms with van der Waals surface area (Å²) >= 11 is 0. The number of amides is 1. The van der Waals surface area contributed by atoms with Crippen molar-refractivity contribution in [3.05, 3.63) is 35.9 Å². The zero-order valence-electron chi connectivity index (χ0n) is 11.6. The first-order valence-corrected chi connectivity index (χ1v) is 6.65. The molecule has 0 saturated heterocycles. The molecular weight excluding hydrogens is 224 g/mol. The molecule has 0 aliphatic heterocycles. The molecule has 0 heterocycles. The molecule has 1 aromatic carbocycles. The molecule has 1 N–H and O–H groups in total. The van der Waals surface area contributed by atoms with Gasteiger partial charge in [0, 0.05) is 20.1 Å². The average Bonchev–Trinajstić information content (AvgIpc) is 2.42. The van der Waals surface area contributed by atoms with E-state index in [1.807, 2.05) is 49.3 Å². The van der Waals surface area contributed by atoms with Crippen LogP contribution >= 0.6 is 0 Å². The first-order chi connectivity index (χ1) is 8.70. The van der Waals surface area contributed by atoms with E-state index in [0.29, 0.717) is 0 Å². The van der Waals surface area contributed by atoms with E-state index in [-0.39, 0.29) is 11.8 Å². The normalized spacial score (nSPS) is 12.2. The third-order valence-electron chi connectivity index (χ3n) is 3.15. The summed E-state index contributed by atoms with van der Waals surface area (Å²) in [5, 5.41) is 3.07. The Morgan fingerprint density at radius 1 is 1.33 bits per heavy atom. The minimum absolute atomic E-state index is 0.00180. The fourth-order valence-electron chi connectivity index (χ4n) is 2.06. The number of benzene rings is 1. The number of nitrogens with one attached hydrogen (secondary N) is 1. The van der Waals surface area contributed by atoms with Crippen molar-refractivity contribution in [3.8, 4) is 0 Å². The molecule has 0 radical (unpaired) electrons. The number of carbonyl (C=O) groups is 1. The van der Waals surface area contributed by atoms with E-state index in [0.717, 1.165) is 31.5 Å². The minimum Gasteiger partial charge on any atom is -0.344 e. The Balaban J connectivity index is 2.75. The van der Waals surface area contributed by atoms with E-state index in [1.54, 1.807) is 0 Å². The van der Waals surface area contributed by atoms with Crippen LogP contribution in [0.3, 0.4) is 0 Å². The first-order valence-electron chi connectivity index (χ1n) is 6.65. The van der Waals surface area contributed by atoms with Gasteiger partial charge < -0.3 is 10.2 Å². The SMILES string of the molecule is CCCC(C(=O)N(C)CCNC)c1ccccc1. The van der Waals surface area contributed by atoms with Crippen molar-refractivity contribution in [3.63, 3.8) is 0 Å². The quantitative estimate of drug-likeness (QED) is 0.802. The Hall–Kier alpha value is -1.35. The molecular formula is C15H24N2O. The van der Waals surface area contributed by atoms with Gasteiger partial charge in [-0.2, -0.15) is 0 Å². The van der Waals surface area contributed by atoms with Gasteiger partial charge in [-0.15, -0.1) is 0 Å². The highest BCUT2D eigenvalue weighted by atomic mass is 16.2. The van der Waals surface area contributed by atoms with E-state index in [9.17, 15) is 4.79 Å². The van der Waals surface area contributed by atoms with Gasteiger partial charge in [-0.25, -0.2) is 0 Å². The summed E-state index contributed by atoms with van der Waals surface area (Å²) in [6.07, 6.45) is 1.93. The maximum absolute atomic E-state index is 12.4. The smallest absolute Gasteiger partial charge is 0.229 e. The molecule has 0 aliphatic carbocycles. The lowest BCUT2D eigenvalue weighted by molar-refractivity contribution is -0.131. The molecule has 1 aromatic rings. The summed E-state index contributed by atoms with van der Waals surface area (Å²) in [6, 6.07) is 10.1. The molecule has 3 nitrogen and oxygen atoms in total. The van der Waals surface area contributed by atoms with Gasteiger partial charge in [-0.3, -0.25) is 4.79 Å². The second-order valence-electron chi connectivity index (χ2n) is 4.62. The number of carbonyl (C=O) groups excluding carboxylic acids is 1. The molecule has 0 spiro atoms. The predicted octanol–water partition coefficient (Wildman–Crippen LogP) is 2.25. The second-order valence-corrected chi connectivity index (χ2v) is 4.62. The van der Waals surface area contributed by atoms with Gasteiger partial charge in [0.15, 0.2) is 0 Å². The molecule has 100 valence electrons. The van der Waals surface area contributed by atoms with Gasteiger partial charge >= 0.3 is 0 Å². The van der Waals surface area contributed by atoms with Crippen LogP contribution in [0.25, 0.3) is 0 Å². The summed E-state index contributed by atoms with van der Waals surface area (Å²) in [5.41, 5.74) is 1.13. The Morgan fingerprint density at radius 3 is 2.56 bits per heavy atom. The lowest BCUT2D eigenvalue weighted by Crippen LogP contribution is -2.36. The molecule has 1 rings (SSSR count). The summed E-state index contributed by atoms with van der Waals surface area (Å²) in [6.45, 7) is 3.70. The lowest BCUT2D eigenvalue weighted by atomic mass is 9.93. The summed E-state index contributed by atoms with van der Waals surface area (Å²) in [5.74, 6) is 0.219. The van der Waals surface area contributed by atoms with Crippen molar-refractivity contribution in [2.24, 2.45) is 0 Å². The van der Waals surface area contributed by atoms with Gasteiger partial charge in [-0.05, 0) is 19.0 Å². The number of hydrogen-bond donors (Lipinski definition) is 1. The molecule has 0 fully saturated rings. The zero-order valence-corrected chi connectivity index (χ0v) is 11.6. The molecule has 1 amide bonds. The molecule has 3 heteroatoms. The second kappa shape index (κ2) is 7.88. The maximum Gasteiger partial charge on any atom is 0.229 e. The monoisotopic (exact) mass is 248 g/mol. The van der Waals surface area contributed by atoms with E-state index in [1.165, 1.54) is 0 Å². The number of rotatable bonds is 7. The number of hydrogen-bond acceptors (Lipinski definition) is 2. The fourth-order valence-corrected chi connectivity index (χ4v) is 2.06. The Kier molecular flexibility index (Phi) is 6.44. The first kappa shape index (κ1) is 14.7. The van der Waals surface area contributed by atoms with Crippen LogP contribution in [-0.2, 0) is 4.79 Å². The molecule has 1 unspecified atom stereocenters. The standard InChI is InChI=1S/C15H24N2O/c1-4-8-14(13-9-6-5-7-10-13)15(18)17(3)12-11-16-2/h5-7,9-10,14,16H,4,8,11-12H2,1-3H3. The van der Waals surface area contributed by atoms with Crippen LogP contribution in [-0.4, -0.2) is 38.0 Å². The highest BCUT2D eigenvalue weighted by Gasteiger charge is 2.22. The van der Waals surface area contributed by atoms with Crippen molar-refractivity contribution < 1.29 is 4.79 Å². The van der Waals surface area contributed by atoms with Crippen LogP contribution in [0.1, 0.15) is 31.2 Å². The molecule has 0 aliphatic rings. The van der Waals surface area contributed by atoms with E-state index in [4.69, 9.17) is 0 Å². The van der Waals surface area contributed by atoms with Crippen molar-refractivity contribution in [1.82, 2.24) is 10.2 Å². The van der Waals surface area contributed by atoms with Crippen LogP contribution in [0.2, 0.25) is 0 Å². The summed E-state index contributed by atoms with van der Waals surface area (Å²) < 4.78 is 0. The van der Waals surface area contributed by atoms with Crippen molar-refractivity contribution in [2.75, 3.05) is 27.2 Å². The maximum atomic E-state index is 12.4. The largest absolute Gasteiger partial charge is 0.344 e. The van der Waals surface area contributed by atoms with Crippen molar-refractivity contribution in [1.29, 1.82) is 0 Å². The Labute approximate surface area is 110 Å².